The molecule has 214 valence electrons. The van der Waals surface area contributed by atoms with Gasteiger partial charge in [-0.1, -0.05) is 60.7 Å². The minimum Gasteiger partial charge on any atom is -0.390 e. The van der Waals surface area contributed by atoms with Crippen molar-refractivity contribution in [3.8, 4) is 0 Å². The van der Waals surface area contributed by atoms with E-state index in [1.807, 2.05) is 55.5 Å². The standard InChI is InChI=1S/C31H40N4O4S/c1-2-33-27-20-26(21-28(22-27)35-17-9-10-18-40(35,38)39)31(37)34-29(19-25-13-7-4-8-14-25)30(36)23-32-16-15-24-11-5-3-6-12-24/h3-8,11-14,20-22,29-30,32-33,36H,2,9-10,15-19,23H2,1H3,(H,34,37)/t29-,30+/m0/s1. The third kappa shape index (κ3) is 8.30. The van der Waals surface area contributed by atoms with Crippen molar-refractivity contribution in [3.05, 3.63) is 95.6 Å². The number of anilines is 2. The van der Waals surface area contributed by atoms with Crippen LogP contribution in [0.3, 0.4) is 0 Å². The van der Waals surface area contributed by atoms with Crippen LogP contribution >= 0.6 is 0 Å². The first-order chi connectivity index (χ1) is 19.4. The van der Waals surface area contributed by atoms with Crippen molar-refractivity contribution in [2.75, 3.05) is 41.6 Å². The predicted molar refractivity (Wildman–Crippen MR) is 161 cm³/mol. The Morgan fingerprint density at radius 2 is 1.68 bits per heavy atom. The SMILES string of the molecule is CCNc1cc(C(=O)N[C@@H](Cc2ccccc2)[C@H](O)CNCCc2ccccc2)cc(N2CCCCS2(=O)=O)c1. The van der Waals surface area contributed by atoms with Gasteiger partial charge in [-0.05, 0) is 68.5 Å². The highest BCUT2D eigenvalue weighted by Crippen LogP contribution is 2.28. The summed E-state index contributed by atoms with van der Waals surface area (Å²) >= 11 is 0. The molecule has 0 aliphatic carbocycles. The van der Waals surface area contributed by atoms with Gasteiger partial charge in [-0.15, -0.1) is 0 Å². The lowest BCUT2D eigenvalue weighted by Crippen LogP contribution is -2.49. The number of benzene rings is 3. The first kappa shape index (κ1) is 29.6. The lowest BCUT2D eigenvalue weighted by molar-refractivity contribution is 0.0831. The maximum absolute atomic E-state index is 13.6. The number of nitrogens with zero attached hydrogens (tertiary/aromatic N) is 1. The summed E-state index contributed by atoms with van der Waals surface area (Å²) in [5.74, 6) is -0.262. The van der Waals surface area contributed by atoms with E-state index < -0.39 is 22.2 Å². The molecule has 1 saturated heterocycles. The minimum atomic E-state index is -3.44. The number of carbonyl (C=O) groups excluding carboxylic acids is 1. The Bertz CT molecular complexity index is 1340. The van der Waals surface area contributed by atoms with E-state index in [1.165, 1.54) is 9.87 Å². The number of aliphatic hydroxyl groups excluding tert-OH is 1. The van der Waals surface area contributed by atoms with Crippen LogP contribution in [0, 0.1) is 0 Å². The van der Waals surface area contributed by atoms with E-state index in [4.69, 9.17) is 0 Å². The molecule has 1 heterocycles. The number of hydrogen-bond donors (Lipinski definition) is 4. The van der Waals surface area contributed by atoms with E-state index in [9.17, 15) is 18.3 Å². The maximum atomic E-state index is 13.6. The molecule has 0 bridgehead atoms. The van der Waals surface area contributed by atoms with Crippen molar-refractivity contribution < 1.29 is 18.3 Å². The van der Waals surface area contributed by atoms with Crippen LogP contribution in [0.25, 0.3) is 0 Å². The minimum absolute atomic E-state index is 0.0998. The number of amides is 1. The van der Waals surface area contributed by atoms with Crippen molar-refractivity contribution in [1.82, 2.24) is 10.6 Å². The van der Waals surface area contributed by atoms with Gasteiger partial charge in [-0.3, -0.25) is 9.10 Å². The van der Waals surface area contributed by atoms with E-state index in [-0.39, 0.29) is 11.7 Å². The van der Waals surface area contributed by atoms with Crippen LogP contribution in [0.15, 0.2) is 78.9 Å². The van der Waals surface area contributed by atoms with E-state index in [0.717, 1.165) is 18.4 Å². The quantitative estimate of drug-likeness (QED) is 0.236. The van der Waals surface area contributed by atoms with Crippen molar-refractivity contribution in [2.24, 2.45) is 0 Å². The summed E-state index contributed by atoms with van der Waals surface area (Å²) in [7, 11) is -3.44. The fraction of sp³-hybridized carbons (Fsp3) is 0.387. The van der Waals surface area contributed by atoms with E-state index in [1.54, 1.807) is 18.2 Å². The van der Waals surface area contributed by atoms with E-state index >= 15 is 0 Å². The first-order valence-corrected chi connectivity index (χ1v) is 15.6. The van der Waals surface area contributed by atoms with Crippen LogP contribution < -0.4 is 20.3 Å². The number of nitrogens with one attached hydrogen (secondary N) is 3. The lowest BCUT2D eigenvalue weighted by Gasteiger charge is -2.29. The molecule has 9 heteroatoms. The molecule has 3 aromatic rings. The Morgan fingerprint density at radius 1 is 0.975 bits per heavy atom. The van der Waals surface area contributed by atoms with Crippen LogP contribution in [0.1, 0.15) is 41.3 Å². The molecule has 40 heavy (non-hydrogen) atoms. The number of hydrogen-bond acceptors (Lipinski definition) is 6. The molecule has 1 aliphatic rings. The molecule has 0 saturated carbocycles. The molecule has 2 atom stereocenters. The summed E-state index contributed by atoms with van der Waals surface area (Å²) in [6.45, 7) is 3.98. The molecular formula is C31H40N4O4S. The third-order valence-electron chi connectivity index (χ3n) is 7.06. The molecule has 8 nitrogen and oxygen atoms in total. The van der Waals surface area contributed by atoms with E-state index in [2.05, 4.69) is 28.1 Å². The van der Waals surface area contributed by atoms with Crippen molar-refractivity contribution in [2.45, 2.75) is 44.8 Å². The number of carbonyl (C=O) groups is 1. The highest BCUT2D eigenvalue weighted by Gasteiger charge is 2.28. The number of sulfonamides is 1. The van der Waals surface area contributed by atoms with Gasteiger partial charge in [0, 0.05) is 30.9 Å². The highest BCUT2D eigenvalue weighted by molar-refractivity contribution is 7.92. The van der Waals surface area contributed by atoms with Gasteiger partial charge in [0.15, 0.2) is 0 Å². The fourth-order valence-corrected chi connectivity index (χ4v) is 6.57. The van der Waals surface area contributed by atoms with Crippen molar-refractivity contribution in [3.63, 3.8) is 0 Å². The second kappa shape index (κ2) is 14.3. The molecule has 0 unspecified atom stereocenters. The molecule has 0 radical (unpaired) electrons. The molecule has 4 N–H and O–H groups in total. The summed E-state index contributed by atoms with van der Waals surface area (Å²) in [4.78, 5) is 13.6. The Balaban J connectivity index is 1.50. The van der Waals surface area contributed by atoms with Crippen LogP contribution in [0.5, 0.6) is 0 Å². The Kier molecular flexibility index (Phi) is 10.6. The molecule has 0 aromatic heterocycles. The van der Waals surface area contributed by atoms with E-state index in [0.29, 0.717) is 56.0 Å². The largest absolute Gasteiger partial charge is 0.390 e. The van der Waals surface area contributed by atoms with Gasteiger partial charge in [-0.25, -0.2) is 8.42 Å². The summed E-state index contributed by atoms with van der Waals surface area (Å²) in [5, 5.41) is 20.7. The molecule has 0 spiro atoms. The van der Waals surface area contributed by atoms with Gasteiger partial charge in [-0.2, -0.15) is 0 Å². The Labute approximate surface area is 237 Å². The average Bonchev–Trinajstić information content (AvgIpc) is 2.95. The second-order valence-corrected chi connectivity index (χ2v) is 12.2. The van der Waals surface area contributed by atoms with Gasteiger partial charge in [0.1, 0.15) is 0 Å². The molecule has 1 amide bonds. The summed E-state index contributed by atoms with van der Waals surface area (Å²) < 4.78 is 27.0. The summed E-state index contributed by atoms with van der Waals surface area (Å²) in [5.41, 5.74) is 3.71. The second-order valence-electron chi connectivity index (χ2n) is 10.2. The zero-order valence-electron chi connectivity index (χ0n) is 23.1. The Hall–Kier alpha value is -3.40. The smallest absolute Gasteiger partial charge is 0.251 e. The summed E-state index contributed by atoms with van der Waals surface area (Å²) in [6, 6.07) is 24.5. The van der Waals surface area contributed by atoms with Gasteiger partial charge in [0.05, 0.1) is 23.6 Å². The fourth-order valence-electron chi connectivity index (χ4n) is 4.94. The molecular weight excluding hydrogens is 524 g/mol. The van der Waals surface area contributed by atoms with Gasteiger partial charge in [0.25, 0.3) is 5.91 Å². The zero-order chi connectivity index (χ0) is 28.4. The molecule has 1 fully saturated rings. The predicted octanol–water partition coefficient (Wildman–Crippen LogP) is 3.58. The lowest BCUT2D eigenvalue weighted by atomic mass is 10.00. The van der Waals surface area contributed by atoms with Gasteiger partial charge in [0.2, 0.25) is 10.0 Å². The molecule has 1 aliphatic heterocycles. The highest BCUT2D eigenvalue weighted by atomic mass is 32.2. The van der Waals surface area contributed by atoms with Crippen molar-refractivity contribution >= 4 is 27.3 Å². The van der Waals surface area contributed by atoms with Gasteiger partial charge >= 0.3 is 0 Å². The zero-order valence-corrected chi connectivity index (χ0v) is 23.9. The number of aliphatic hydroxyl groups is 1. The number of rotatable bonds is 13. The molecule has 4 rings (SSSR count). The maximum Gasteiger partial charge on any atom is 0.251 e. The van der Waals surface area contributed by atoms with Crippen LogP contribution in [-0.4, -0.2) is 63.5 Å². The third-order valence-corrected chi connectivity index (χ3v) is 8.93. The van der Waals surface area contributed by atoms with Crippen LogP contribution in [0.2, 0.25) is 0 Å². The normalized spacial score (nSPS) is 16.2. The monoisotopic (exact) mass is 564 g/mol. The topological polar surface area (TPSA) is 111 Å². The van der Waals surface area contributed by atoms with Crippen molar-refractivity contribution in [1.29, 1.82) is 0 Å². The van der Waals surface area contributed by atoms with Crippen LogP contribution in [-0.2, 0) is 22.9 Å². The first-order valence-electron chi connectivity index (χ1n) is 14.0. The molecule has 3 aromatic carbocycles. The van der Waals surface area contributed by atoms with Crippen LogP contribution in [0.4, 0.5) is 11.4 Å². The summed E-state index contributed by atoms with van der Waals surface area (Å²) in [6.07, 6.45) is 1.86. The Morgan fingerprint density at radius 3 is 2.35 bits per heavy atom. The van der Waals surface area contributed by atoms with Gasteiger partial charge < -0.3 is 21.1 Å². The average molecular weight is 565 g/mol.